The normalized spacial score (nSPS) is 11.8. The second kappa shape index (κ2) is 4.83. The summed E-state index contributed by atoms with van der Waals surface area (Å²) in [6.07, 6.45) is 3.14. The predicted molar refractivity (Wildman–Crippen MR) is 58.5 cm³/mol. The summed E-state index contributed by atoms with van der Waals surface area (Å²) in [5.41, 5.74) is 9.35. The zero-order valence-corrected chi connectivity index (χ0v) is 8.38. The highest BCUT2D eigenvalue weighted by molar-refractivity contribution is 5.63. The Hall–Kier alpha value is -1.08. The summed E-state index contributed by atoms with van der Waals surface area (Å²) in [4.78, 5) is 0. The van der Waals surface area contributed by atoms with Gasteiger partial charge in [-0.2, -0.15) is 0 Å². The van der Waals surface area contributed by atoms with Crippen molar-refractivity contribution in [2.24, 2.45) is 5.73 Å². The predicted octanol–water partition coefficient (Wildman–Crippen LogP) is 2.61. The van der Waals surface area contributed by atoms with E-state index in [0.29, 0.717) is 6.54 Å². The van der Waals surface area contributed by atoms with Crippen LogP contribution >= 0.6 is 0 Å². The van der Waals surface area contributed by atoms with Crippen molar-refractivity contribution in [1.82, 2.24) is 0 Å². The number of hydrogen-bond donors (Lipinski definition) is 1. The van der Waals surface area contributed by atoms with Gasteiger partial charge in [0.2, 0.25) is 0 Å². The summed E-state index contributed by atoms with van der Waals surface area (Å²) in [5.74, 6) is 0. The molecule has 0 fully saturated rings. The molecule has 0 saturated heterocycles. The number of aryl methyl sites for hydroxylation is 1. The summed E-state index contributed by atoms with van der Waals surface area (Å²) in [7, 11) is 0. The first-order valence-electron chi connectivity index (χ1n) is 4.74. The van der Waals surface area contributed by atoms with Gasteiger partial charge in [-0.05, 0) is 30.0 Å². The molecule has 0 radical (unpaired) electrons. The molecule has 0 aliphatic heterocycles. The molecule has 2 N–H and O–H groups in total. The zero-order chi connectivity index (χ0) is 9.68. The van der Waals surface area contributed by atoms with E-state index in [-0.39, 0.29) is 0 Å². The van der Waals surface area contributed by atoms with Gasteiger partial charge in [0.15, 0.2) is 0 Å². The Morgan fingerprint density at radius 1 is 1.31 bits per heavy atom. The van der Waals surface area contributed by atoms with Crippen LogP contribution in [-0.4, -0.2) is 6.54 Å². The molecule has 1 rings (SSSR count). The van der Waals surface area contributed by atoms with Crippen LogP contribution in [0.3, 0.4) is 0 Å². The summed E-state index contributed by atoms with van der Waals surface area (Å²) < 4.78 is 0. The van der Waals surface area contributed by atoms with Gasteiger partial charge in [0.25, 0.3) is 0 Å². The van der Waals surface area contributed by atoms with Crippen LogP contribution in [0.5, 0.6) is 0 Å². The van der Waals surface area contributed by atoms with Crippen molar-refractivity contribution >= 4 is 5.57 Å². The van der Waals surface area contributed by atoms with E-state index < -0.39 is 0 Å². The minimum Gasteiger partial charge on any atom is -0.327 e. The molecule has 0 aromatic heterocycles. The van der Waals surface area contributed by atoms with E-state index in [9.17, 15) is 0 Å². The summed E-state index contributed by atoms with van der Waals surface area (Å²) in [6.45, 7) is 4.87. The Morgan fingerprint density at radius 3 is 2.38 bits per heavy atom. The number of nitrogens with two attached hydrogens (primary N) is 1. The summed E-state index contributed by atoms with van der Waals surface area (Å²) in [6, 6.07) is 8.65. The van der Waals surface area contributed by atoms with E-state index in [4.69, 9.17) is 5.73 Å². The lowest BCUT2D eigenvalue weighted by molar-refractivity contribution is 1.14. The smallest absolute Gasteiger partial charge is 0.0112 e. The maximum atomic E-state index is 5.45. The van der Waals surface area contributed by atoms with Crippen molar-refractivity contribution in [3.8, 4) is 0 Å². The van der Waals surface area contributed by atoms with Crippen molar-refractivity contribution in [1.29, 1.82) is 0 Å². The first-order valence-corrected chi connectivity index (χ1v) is 4.74. The number of rotatable bonds is 3. The molecule has 1 nitrogen and oxygen atoms in total. The van der Waals surface area contributed by atoms with Gasteiger partial charge in [-0.3, -0.25) is 0 Å². The Labute approximate surface area is 80.3 Å². The van der Waals surface area contributed by atoms with E-state index in [2.05, 4.69) is 38.1 Å². The third kappa shape index (κ3) is 2.71. The number of allylic oxidation sites excluding steroid dienone is 1. The van der Waals surface area contributed by atoms with E-state index in [1.807, 2.05) is 6.08 Å². The lowest BCUT2D eigenvalue weighted by atomic mass is 10.0. The monoisotopic (exact) mass is 175 g/mol. The van der Waals surface area contributed by atoms with Gasteiger partial charge in [0.1, 0.15) is 0 Å². The fraction of sp³-hybridized carbons (Fsp3) is 0.333. The lowest BCUT2D eigenvalue weighted by Gasteiger charge is -2.02. The number of benzene rings is 1. The Morgan fingerprint density at radius 2 is 1.92 bits per heavy atom. The summed E-state index contributed by atoms with van der Waals surface area (Å²) >= 11 is 0. The molecule has 0 aliphatic rings. The minimum absolute atomic E-state index is 0.612. The Kier molecular flexibility index (Phi) is 3.71. The SMILES string of the molecule is CCc1ccc(C(C)=CCN)cc1. The highest BCUT2D eigenvalue weighted by atomic mass is 14.5. The quantitative estimate of drug-likeness (QED) is 0.750. The van der Waals surface area contributed by atoms with Crippen LogP contribution < -0.4 is 5.73 Å². The lowest BCUT2D eigenvalue weighted by Crippen LogP contribution is -1.94. The first-order chi connectivity index (χ1) is 6.27. The highest BCUT2D eigenvalue weighted by Crippen LogP contribution is 2.14. The van der Waals surface area contributed by atoms with Gasteiger partial charge >= 0.3 is 0 Å². The highest BCUT2D eigenvalue weighted by Gasteiger charge is 1.94. The van der Waals surface area contributed by atoms with Crippen LogP contribution in [0.2, 0.25) is 0 Å². The van der Waals surface area contributed by atoms with Crippen LogP contribution in [0.25, 0.3) is 5.57 Å². The third-order valence-corrected chi connectivity index (χ3v) is 2.24. The van der Waals surface area contributed by atoms with Crippen molar-refractivity contribution < 1.29 is 0 Å². The zero-order valence-electron chi connectivity index (χ0n) is 8.38. The van der Waals surface area contributed by atoms with Crippen LogP contribution in [-0.2, 0) is 6.42 Å². The van der Waals surface area contributed by atoms with E-state index in [0.717, 1.165) is 6.42 Å². The second-order valence-corrected chi connectivity index (χ2v) is 3.17. The third-order valence-electron chi connectivity index (χ3n) is 2.24. The molecule has 13 heavy (non-hydrogen) atoms. The van der Waals surface area contributed by atoms with Gasteiger partial charge in [-0.1, -0.05) is 37.3 Å². The molecule has 70 valence electrons. The Balaban J connectivity index is 2.85. The van der Waals surface area contributed by atoms with Gasteiger partial charge < -0.3 is 5.73 Å². The van der Waals surface area contributed by atoms with Crippen LogP contribution in [0, 0.1) is 0 Å². The molecule has 0 atom stereocenters. The van der Waals surface area contributed by atoms with Crippen LogP contribution in [0.1, 0.15) is 25.0 Å². The Bertz CT molecular complexity index is 282. The van der Waals surface area contributed by atoms with Crippen molar-refractivity contribution in [3.63, 3.8) is 0 Å². The second-order valence-electron chi connectivity index (χ2n) is 3.17. The van der Waals surface area contributed by atoms with Gasteiger partial charge in [0.05, 0.1) is 0 Å². The fourth-order valence-electron chi connectivity index (χ4n) is 1.30. The molecule has 0 aliphatic carbocycles. The van der Waals surface area contributed by atoms with Gasteiger partial charge in [0, 0.05) is 6.54 Å². The molecule has 1 aromatic carbocycles. The van der Waals surface area contributed by atoms with E-state index >= 15 is 0 Å². The largest absolute Gasteiger partial charge is 0.327 e. The number of hydrogen-bond acceptors (Lipinski definition) is 1. The van der Waals surface area contributed by atoms with Crippen LogP contribution in [0.15, 0.2) is 30.3 Å². The average Bonchev–Trinajstić information content (AvgIpc) is 2.18. The van der Waals surface area contributed by atoms with Crippen molar-refractivity contribution in [3.05, 3.63) is 41.5 Å². The van der Waals surface area contributed by atoms with E-state index in [1.165, 1.54) is 16.7 Å². The molecule has 1 heteroatoms. The summed E-state index contributed by atoms with van der Waals surface area (Å²) in [5, 5.41) is 0. The van der Waals surface area contributed by atoms with E-state index in [1.54, 1.807) is 0 Å². The van der Waals surface area contributed by atoms with Crippen molar-refractivity contribution in [2.75, 3.05) is 6.54 Å². The topological polar surface area (TPSA) is 26.0 Å². The maximum absolute atomic E-state index is 5.45. The molecular formula is C12H17N. The molecule has 1 aromatic rings. The standard InChI is InChI=1S/C12H17N/c1-3-11-4-6-12(7-5-11)10(2)8-9-13/h4-8H,3,9,13H2,1-2H3. The molecule has 0 saturated carbocycles. The molecular weight excluding hydrogens is 158 g/mol. The van der Waals surface area contributed by atoms with Gasteiger partial charge in [-0.25, -0.2) is 0 Å². The fourth-order valence-corrected chi connectivity index (χ4v) is 1.30. The average molecular weight is 175 g/mol. The van der Waals surface area contributed by atoms with Crippen molar-refractivity contribution in [2.45, 2.75) is 20.3 Å². The van der Waals surface area contributed by atoms with Gasteiger partial charge in [-0.15, -0.1) is 0 Å². The molecule has 0 amide bonds. The first kappa shape index (κ1) is 10.0. The molecule has 0 bridgehead atoms. The maximum Gasteiger partial charge on any atom is 0.0112 e. The van der Waals surface area contributed by atoms with Crippen LogP contribution in [0.4, 0.5) is 0 Å². The molecule has 0 heterocycles. The molecule has 0 spiro atoms. The molecule has 0 unspecified atom stereocenters. The minimum atomic E-state index is 0.612.